The van der Waals surface area contributed by atoms with Crippen LogP contribution in [0.5, 0.6) is 23.0 Å². The van der Waals surface area contributed by atoms with Crippen LogP contribution >= 0.6 is 15.9 Å². The fourth-order valence-corrected chi connectivity index (χ4v) is 5.18. The molecule has 0 unspecified atom stereocenters. The van der Waals surface area contributed by atoms with Gasteiger partial charge in [0, 0.05) is 16.5 Å². The van der Waals surface area contributed by atoms with Gasteiger partial charge in [0.15, 0.2) is 0 Å². The number of benzene rings is 4. The molecule has 306 valence electrons. The average molecular weight is 878 g/mol. The largest absolute Gasteiger partial charge is 0.508 e. The van der Waals surface area contributed by atoms with Crippen molar-refractivity contribution in [3.05, 3.63) is 117 Å². The van der Waals surface area contributed by atoms with E-state index in [0.29, 0.717) is 34.2 Å². The fraction of sp³-hybridized carbons (Fsp3) is 0.243. The summed E-state index contributed by atoms with van der Waals surface area (Å²) >= 11 is 3.18. The van der Waals surface area contributed by atoms with Gasteiger partial charge in [0.2, 0.25) is 0 Å². The van der Waals surface area contributed by atoms with Crippen molar-refractivity contribution in [3.63, 3.8) is 0 Å². The van der Waals surface area contributed by atoms with Crippen molar-refractivity contribution in [1.29, 1.82) is 0 Å². The maximum absolute atomic E-state index is 12.0. The number of rotatable bonds is 10. The van der Waals surface area contributed by atoms with Crippen LogP contribution in [0.1, 0.15) is 63.7 Å². The van der Waals surface area contributed by atoms with Crippen LogP contribution in [0.25, 0.3) is 0 Å². The second-order valence-electron chi connectivity index (χ2n) is 10.9. The van der Waals surface area contributed by atoms with Gasteiger partial charge in [-0.25, -0.2) is 19.2 Å². The first kappa shape index (κ1) is 45.4. The molecule has 13 nitrogen and oxygen atoms in total. The molecule has 0 aromatic heterocycles. The van der Waals surface area contributed by atoms with E-state index in [4.69, 9.17) is 19.7 Å². The van der Waals surface area contributed by atoms with E-state index >= 15 is 0 Å². The summed E-state index contributed by atoms with van der Waals surface area (Å²) in [6, 6.07) is 16.6. The minimum atomic E-state index is -2.97. The summed E-state index contributed by atoms with van der Waals surface area (Å²) in [5, 5.41) is 18.4. The van der Waals surface area contributed by atoms with Crippen molar-refractivity contribution in [2.75, 3.05) is 14.2 Å². The summed E-state index contributed by atoms with van der Waals surface area (Å²) in [5.41, 5.74) is 3.44. The van der Waals surface area contributed by atoms with Crippen LogP contribution in [-0.4, -0.2) is 68.1 Å². The van der Waals surface area contributed by atoms with Gasteiger partial charge in [0.1, 0.15) is 36.2 Å². The summed E-state index contributed by atoms with van der Waals surface area (Å²) in [6.45, 7) is -8.63. The number of phenolic OH excluding ortho intramolecular Hbond substituents is 1. The molecule has 0 fully saturated rings. The van der Waals surface area contributed by atoms with Gasteiger partial charge in [-0.3, -0.25) is 0 Å². The first-order chi connectivity index (χ1) is 27.1. The highest BCUT2D eigenvalue weighted by Gasteiger charge is 2.23. The van der Waals surface area contributed by atoms with Crippen molar-refractivity contribution < 1.29 is 88.9 Å². The molecule has 2 heterocycles. The van der Waals surface area contributed by atoms with E-state index in [9.17, 15) is 45.5 Å². The molecule has 6 rings (SSSR count). The molecule has 0 radical (unpaired) electrons. The number of aromatic hydroxyl groups is 1. The average Bonchev–Trinajstić information content (AvgIpc) is 3.74. The molecule has 4 aromatic carbocycles. The van der Waals surface area contributed by atoms with Gasteiger partial charge in [0.25, 0.3) is 0 Å². The molecule has 0 bridgehead atoms. The van der Waals surface area contributed by atoms with E-state index in [2.05, 4.69) is 39.6 Å². The van der Waals surface area contributed by atoms with Crippen molar-refractivity contribution in [1.82, 2.24) is 0 Å². The highest BCUT2D eigenvalue weighted by Crippen LogP contribution is 2.26. The van der Waals surface area contributed by atoms with Crippen LogP contribution in [0.4, 0.5) is 26.3 Å². The maximum atomic E-state index is 12.0. The molecule has 0 saturated heterocycles. The van der Waals surface area contributed by atoms with E-state index < -0.39 is 37.7 Å². The number of hydrogen-bond acceptors (Lipinski definition) is 13. The normalized spacial score (nSPS) is 12.0. The number of fused-ring (bicyclic) bond motifs is 2. The number of carbonyl (C=O) groups is 4. The van der Waals surface area contributed by atoms with E-state index in [1.165, 1.54) is 61.7 Å². The van der Waals surface area contributed by atoms with E-state index in [1.807, 2.05) is 0 Å². The van der Waals surface area contributed by atoms with Crippen LogP contribution in [0.3, 0.4) is 0 Å². The lowest BCUT2D eigenvalue weighted by molar-refractivity contribution is -0.0505. The Kier molecular flexibility index (Phi) is 17.4. The molecule has 0 aliphatic carbocycles. The molecule has 0 spiro atoms. The van der Waals surface area contributed by atoms with Crippen molar-refractivity contribution in [3.8, 4) is 23.0 Å². The third kappa shape index (κ3) is 13.6. The lowest BCUT2D eigenvalue weighted by atomic mass is 10.1. The SMILES string of the molecule is COC(=O)c1cc(OC(F)F)ccc1CBr.COC(=O)c1cc(OC(F)F)ccc1CO.O=C1OCc2ccc(O)cc21.O=C1OCc2ccc(OC(F)F)cc21. The summed E-state index contributed by atoms with van der Waals surface area (Å²) in [5.74, 6) is -2.32. The first-order valence-electron chi connectivity index (χ1n) is 15.8. The third-order valence-corrected chi connectivity index (χ3v) is 7.90. The standard InChI is InChI=1S/C10H9BrF2O3.C10H10F2O4.C9H6F2O3.C8H6O3/c1-15-9(14)8-4-7(16-10(12)13)3-2-6(8)5-11;1-15-9(14)8-4-7(16-10(11)12)3-2-6(8)5-13;10-9(11)14-6-2-1-5-4-13-8(12)7(5)3-6;9-6-2-1-5-4-11-8(10)7(5)3-6/h2-4,10H,5H2,1H3;2-4,10,13H,5H2,1H3;1-3,9H,4H2;1-3,9H,4H2. The summed E-state index contributed by atoms with van der Waals surface area (Å²) in [4.78, 5) is 44.5. The Morgan fingerprint density at radius 3 is 1.49 bits per heavy atom. The Morgan fingerprint density at radius 1 is 0.649 bits per heavy atom. The minimum absolute atomic E-state index is 0.00292. The Hall–Kier alpha value is -6.02. The number of halogens is 7. The molecule has 4 aromatic rings. The number of alkyl halides is 7. The van der Waals surface area contributed by atoms with E-state index in [1.54, 1.807) is 12.1 Å². The third-order valence-electron chi connectivity index (χ3n) is 7.30. The van der Waals surface area contributed by atoms with E-state index in [-0.39, 0.29) is 58.9 Å². The lowest BCUT2D eigenvalue weighted by Crippen LogP contribution is -2.08. The van der Waals surface area contributed by atoms with Crippen LogP contribution in [0, 0.1) is 0 Å². The topological polar surface area (TPSA) is 173 Å². The molecular formula is C37H31BrF6O13. The zero-order valence-electron chi connectivity index (χ0n) is 29.5. The van der Waals surface area contributed by atoms with E-state index in [0.717, 1.165) is 18.7 Å². The molecule has 0 amide bonds. The lowest BCUT2D eigenvalue weighted by Gasteiger charge is -2.09. The van der Waals surface area contributed by atoms with Crippen LogP contribution in [0.2, 0.25) is 0 Å². The van der Waals surface area contributed by atoms with Crippen molar-refractivity contribution in [2.24, 2.45) is 0 Å². The van der Waals surface area contributed by atoms with Gasteiger partial charge in [-0.1, -0.05) is 40.2 Å². The minimum Gasteiger partial charge on any atom is -0.508 e. The molecule has 2 aliphatic rings. The highest BCUT2D eigenvalue weighted by molar-refractivity contribution is 9.08. The van der Waals surface area contributed by atoms with Crippen molar-refractivity contribution in [2.45, 2.75) is 45.0 Å². The van der Waals surface area contributed by atoms with Crippen LogP contribution in [-0.2, 0) is 44.1 Å². The Morgan fingerprint density at radius 2 is 1.05 bits per heavy atom. The fourth-order valence-electron chi connectivity index (χ4n) is 4.69. The molecule has 2 N–H and O–H groups in total. The molecule has 2 aliphatic heterocycles. The quantitative estimate of drug-likeness (QED) is 0.0693. The summed E-state index contributed by atoms with van der Waals surface area (Å²) in [7, 11) is 2.38. The molecule has 0 atom stereocenters. The number of hydrogen-bond donors (Lipinski definition) is 2. The van der Waals surface area contributed by atoms with Gasteiger partial charge >= 0.3 is 43.7 Å². The number of phenols is 1. The number of cyclic esters (lactones) is 2. The molecule has 0 saturated carbocycles. The zero-order chi connectivity index (χ0) is 42.2. The molecular weight excluding hydrogens is 846 g/mol. The van der Waals surface area contributed by atoms with Gasteiger partial charge in [0.05, 0.1) is 43.1 Å². The monoisotopic (exact) mass is 876 g/mol. The predicted molar refractivity (Wildman–Crippen MR) is 187 cm³/mol. The second kappa shape index (κ2) is 21.9. The number of carbonyl (C=O) groups excluding carboxylic acids is 4. The van der Waals surface area contributed by atoms with Crippen molar-refractivity contribution >= 4 is 39.8 Å². The zero-order valence-corrected chi connectivity index (χ0v) is 31.1. The van der Waals surface area contributed by atoms with Crippen LogP contribution in [0.15, 0.2) is 72.8 Å². The first-order valence-corrected chi connectivity index (χ1v) is 17.0. The van der Waals surface area contributed by atoms with Gasteiger partial charge in [-0.15, -0.1) is 0 Å². The van der Waals surface area contributed by atoms with Gasteiger partial charge in [-0.2, -0.15) is 26.3 Å². The maximum Gasteiger partial charge on any atom is 0.387 e. The Balaban J connectivity index is 0.000000205. The number of aliphatic hydroxyl groups excluding tert-OH is 1. The number of esters is 4. The summed E-state index contributed by atoms with van der Waals surface area (Å²) < 4.78 is 102. The molecule has 57 heavy (non-hydrogen) atoms. The number of aliphatic hydroxyl groups is 1. The van der Waals surface area contributed by atoms with Crippen LogP contribution < -0.4 is 14.2 Å². The Labute approximate surface area is 327 Å². The number of ether oxygens (including phenoxy) is 7. The molecule has 20 heteroatoms. The number of methoxy groups -OCH3 is 2. The predicted octanol–water partition coefficient (Wildman–Crippen LogP) is 7.56. The highest BCUT2D eigenvalue weighted by atomic mass is 79.9. The second-order valence-corrected chi connectivity index (χ2v) is 11.4. The summed E-state index contributed by atoms with van der Waals surface area (Å²) in [6.07, 6.45) is 0. The van der Waals surface area contributed by atoms with Gasteiger partial charge < -0.3 is 43.4 Å². The smallest absolute Gasteiger partial charge is 0.387 e. The van der Waals surface area contributed by atoms with Gasteiger partial charge in [-0.05, 0) is 59.7 Å². The Bertz CT molecular complexity index is 1960.